The van der Waals surface area contributed by atoms with Crippen molar-refractivity contribution in [2.75, 3.05) is 11.9 Å². The molecule has 0 radical (unpaired) electrons. The van der Waals surface area contributed by atoms with Crippen molar-refractivity contribution < 1.29 is 14.7 Å². The first-order valence-corrected chi connectivity index (χ1v) is 15.6. The molecule has 1 saturated carbocycles. The van der Waals surface area contributed by atoms with Gasteiger partial charge in [0.25, 0.3) is 0 Å². The Balaban J connectivity index is 1.53. The second-order valence-corrected chi connectivity index (χ2v) is 16.8. The Labute approximate surface area is 206 Å². The molecule has 0 unspecified atom stereocenters. The fourth-order valence-electron chi connectivity index (χ4n) is 5.23. The van der Waals surface area contributed by atoms with E-state index in [-0.39, 0.29) is 23.6 Å². The van der Waals surface area contributed by atoms with Crippen LogP contribution in [0.2, 0.25) is 29.7 Å². The number of anilines is 1. The standard InChI is InChI=1S/C24H34ClN5O3Si/c1-23(2)19-16(20(29-28-19)27-21(32)24(11-8-12-24)34(3,4)5)13-30(23)22(33)26-18(14-31)15-9-6-7-10-17(15)25/h6-7,9-10,18,31H,8,11-14H2,1-5H3,(H,26,33)(H2,27,28,29,32)/t18-/m1/s1. The van der Waals surface area contributed by atoms with Crippen LogP contribution in [0, 0.1) is 0 Å². The third-order valence-corrected chi connectivity index (χ3v) is 11.7. The molecule has 2 aliphatic rings. The van der Waals surface area contributed by atoms with E-state index in [4.69, 9.17) is 11.6 Å². The number of aromatic amines is 1. The number of amides is 3. The summed E-state index contributed by atoms with van der Waals surface area (Å²) in [4.78, 5) is 28.3. The monoisotopic (exact) mass is 503 g/mol. The fourth-order valence-corrected chi connectivity index (χ4v) is 8.09. The van der Waals surface area contributed by atoms with Gasteiger partial charge in [0.15, 0.2) is 5.82 Å². The summed E-state index contributed by atoms with van der Waals surface area (Å²) in [5, 5.41) is 23.6. The number of aliphatic hydroxyl groups excluding tert-OH is 1. The third-order valence-electron chi connectivity index (χ3n) is 7.79. The molecular weight excluding hydrogens is 470 g/mol. The lowest BCUT2D eigenvalue weighted by Crippen LogP contribution is -2.52. The quantitative estimate of drug-likeness (QED) is 0.426. The summed E-state index contributed by atoms with van der Waals surface area (Å²) in [6.45, 7) is 10.6. The third kappa shape index (κ3) is 3.93. The highest BCUT2D eigenvalue weighted by molar-refractivity contribution is 6.83. The predicted molar refractivity (Wildman–Crippen MR) is 135 cm³/mol. The molecule has 4 N–H and O–H groups in total. The Kier molecular flexibility index (Phi) is 6.33. The first kappa shape index (κ1) is 24.8. The Morgan fingerprint density at radius 1 is 1.26 bits per heavy atom. The largest absolute Gasteiger partial charge is 0.394 e. The number of hydrogen-bond donors (Lipinski definition) is 4. The van der Waals surface area contributed by atoms with E-state index < -0.39 is 19.7 Å². The van der Waals surface area contributed by atoms with E-state index in [2.05, 4.69) is 40.5 Å². The molecule has 1 fully saturated rings. The number of benzene rings is 1. The number of aliphatic hydroxyl groups is 1. The second kappa shape index (κ2) is 8.69. The van der Waals surface area contributed by atoms with Gasteiger partial charge in [-0.2, -0.15) is 5.10 Å². The van der Waals surface area contributed by atoms with Crippen molar-refractivity contribution in [1.29, 1.82) is 0 Å². The Morgan fingerprint density at radius 2 is 1.94 bits per heavy atom. The molecule has 8 nitrogen and oxygen atoms in total. The predicted octanol–water partition coefficient (Wildman–Crippen LogP) is 4.76. The van der Waals surface area contributed by atoms with Crippen molar-refractivity contribution in [2.24, 2.45) is 0 Å². The van der Waals surface area contributed by atoms with Gasteiger partial charge in [0.2, 0.25) is 5.91 Å². The highest BCUT2D eigenvalue weighted by atomic mass is 35.5. The van der Waals surface area contributed by atoms with Crippen molar-refractivity contribution in [3.8, 4) is 0 Å². The first-order valence-electron chi connectivity index (χ1n) is 11.7. The van der Waals surface area contributed by atoms with Gasteiger partial charge in [-0.15, -0.1) is 0 Å². The van der Waals surface area contributed by atoms with E-state index in [1.807, 2.05) is 19.9 Å². The fraction of sp³-hybridized carbons (Fsp3) is 0.542. The first-order chi connectivity index (χ1) is 15.9. The minimum Gasteiger partial charge on any atom is -0.394 e. The number of hydrogen-bond acceptors (Lipinski definition) is 4. The lowest BCUT2D eigenvalue weighted by atomic mass is 9.83. The summed E-state index contributed by atoms with van der Waals surface area (Å²) in [7, 11) is -1.72. The van der Waals surface area contributed by atoms with E-state index >= 15 is 0 Å². The Hall–Kier alpha value is -2.36. The van der Waals surface area contributed by atoms with Gasteiger partial charge in [0.1, 0.15) is 0 Å². The number of carbonyl (C=O) groups is 2. The number of fused-ring (bicyclic) bond motifs is 1. The lowest BCUT2D eigenvalue weighted by Gasteiger charge is -2.48. The van der Waals surface area contributed by atoms with Crippen LogP contribution in [0.5, 0.6) is 0 Å². The lowest BCUT2D eigenvalue weighted by molar-refractivity contribution is -0.121. The van der Waals surface area contributed by atoms with Gasteiger partial charge < -0.3 is 20.6 Å². The molecule has 1 aromatic heterocycles. The molecule has 2 aromatic rings. The molecule has 1 aliphatic carbocycles. The maximum Gasteiger partial charge on any atom is 0.319 e. The summed E-state index contributed by atoms with van der Waals surface area (Å²) >= 11 is 6.28. The Morgan fingerprint density at radius 3 is 2.50 bits per heavy atom. The molecule has 1 aromatic carbocycles. The number of nitrogens with zero attached hydrogens (tertiary/aromatic N) is 2. The van der Waals surface area contributed by atoms with Crippen molar-refractivity contribution in [3.63, 3.8) is 0 Å². The number of urea groups is 1. The van der Waals surface area contributed by atoms with E-state index in [0.717, 1.165) is 30.5 Å². The molecule has 10 heteroatoms. The van der Waals surface area contributed by atoms with Gasteiger partial charge in [-0.1, -0.05) is 55.9 Å². The van der Waals surface area contributed by atoms with Gasteiger partial charge >= 0.3 is 6.03 Å². The number of aromatic nitrogens is 2. The van der Waals surface area contributed by atoms with Gasteiger partial charge in [-0.25, -0.2) is 4.79 Å². The second-order valence-electron chi connectivity index (χ2n) is 10.9. The number of nitrogens with one attached hydrogen (secondary N) is 3. The van der Waals surface area contributed by atoms with Crippen LogP contribution in [0.4, 0.5) is 10.6 Å². The SMILES string of the molecule is CC1(C)c2[nH]nc(NC(=O)C3([Si](C)(C)C)CCC3)c2CN1C(=O)N[C@H](CO)c1ccccc1Cl. The highest BCUT2D eigenvalue weighted by Crippen LogP contribution is 2.56. The summed E-state index contributed by atoms with van der Waals surface area (Å²) in [6.07, 6.45) is 2.92. The highest BCUT2D eigenvalue weighted by Gasteiger charge is 2.54. The number of rotatable bonds is 6. The molecule has 2 heterocycles. The van der Waals surface area contributed by atoms with Crippen LogP contribution in [0.1, 0.15) is 56.0 Å². The molecule has 3 amide bonds. The van der Waals surface area contributed by atoms with Crippen LogP contribution in [-0.2, 0) is 16.9 Å². The van der Waals surface area contributed by atoms with Crippen LogP contribution in [0.15, 0.2) is 24.3 Å². The van der Waals surface area contributed by atoms with Crippen LogP contribution in [-0.4, -0.2) is 46.8 Å². The summed E-state index contributed by atoms with van der Waals surface area (Å²) < 4.78 is 0. The minimum atomic E-state index is -1.72. The van der Waals surface area contributed by atoms with Crippen molar-refractivity contribution >= 4 is 37.4 Å². The van der Waals surface area contributed by atoms with Crippen LogP contribution >= 0.6 is 11.6 Å². The molecular formula is C24H34ClN5O3Si. The zero-order chi connectivity index (χ0) is 24.9. The number of carbonyl (C=O) groups excluding carboxylic acids is 2. The van der Waals surface area contributed by atoms with Crippen LogP contribution < -0.4 is 10.6 Å². The normalized spacial score (nSPS) is 19.2. The molecule has 0 saturated heterocycles. The molecule has 1 atom stereocenters. The van der Waals surface area contributed by atoms with Crippen LogP contribution in [0.3, 0.4) is 0 Å². The molecule has 4 rings (SSSR count). The van der Waals surface area contributed by atoms with Crippen LogP contribution in [0.25, 0.3) is 0 Å². The van der Waals surface area contributed by atoms with Gasteiger partial charge in [0.05, 0.1) is 38.5 Å². The number of H-pyrrole nitrogens is 1. The topological polar surface area (TPSA) is 110 Å². The van der Waals surface area contributed by atoms with Gasteiger partial charge in [-0.05, 0) is 38.3 Å². The van der Waals surface area contributed by atoms with E-state index in [0.29, 0.717) is 22.9 Å². The van der Waals surface area contributed by atoms with Crippen molar-refractivity contribution in [1.82, 2.24) is 20.4 Å². The average Bonchev–Trinajstić information content (AvgIpc) is 3.23. The summed E-state index contributed by atoms with van der Waals surface area (Å²) in [6, 6.07) is 6.17. The number of halogens is 1. The van der Waals surface area contributed by atoms with E-state index in [9.17, 15) is 14.7 Å². The Bertz CT molecular complexity index is 1110. The van der Waals surface area contributed by atoms with E-state index in [1.165, 1.54) is 0 Å². The molecule has 1 aliphatic heterocycles. The zero-order valence-electron chi connectivity index (χ0n) is 20.5. The maximum absolute atomic E-state index is 13.3. The molecule has 0 bridgehead atoms. The van der Waals surface area contributed by atoms with Gasteiger partial charge in [0, 0.05) is 15.6 Å². The maximum atomic E-state index is 13.3. The van der Waals surface area contributed by atoms with Gasteiger partial charge in [-0.3, -0.25) is 9.89 Å². The zero-order valence-corrected chi connectivity index (χ0v) is 22.2. The van der Waals surface area contributed by atoms with E-state index in [1.54, 1.807) is 23.1 Å². The van der Waals surface area contributed by atoms with Crippen molar-refractivity contribution in [2.45, 2.75) is 75.9 Å². The molecule has 184 valence electrons. The average molecular weight is 504 g/mol. The summed E-state index contributed by atoms with van der Waals surface area (Å²) in [5.41, 5.74) is 1.59. The smallest absolute Gasteiger partial charge is 0.319 e. The molecule has 34 heavy (non-hydrogen) atoms. The van der Waals surface area contributed by atoms with Crippen molar-refractivity contribution in [3.05, 3.63) is 46.1 Å². The summed E-state index contributed by atoms with van der Waals surface area (Å²) in [5.74, 6) is 0.546. The minimum absolute atomic E-state index is 0.0481. The molecule has 0 spiro atoms.